The quantitative estimate of drug-likeness (QED) is 0.521. The number of ether oxygens (including phenoxy) is 1. The number of fused-ring (bicyclic) bond motifs is 5. The van der Waals surface area contributed by atoms with E-state index < -0.39 is 0 Å². The molecule has 0 spiro atoms. The predicted octanol–water partition coefficient (Wildman–Crippen LogP) is 5.00. The summed E-state index contributed by atoms with van der Waals surface area (Å²) in [5.74, 6) is 3.57. The Labute approximate surface area is 143 Å². The molecule has 0 radical (unpaired) electrons. The van der Waals surface area contributed by atoms with E-state index >= 15 is 0 Å². The summed E-state index contributed by atoms with van der Waals surface area (Å²) in [7, 11) is 4.63. The molecule has 0 amide bonds. The Morgan fingerprint density at radius 3 is 2.78 bits per heavy atom. The summed E-state index contributed by atoms with van der Waals surface area (Å²) >= 11 is 0. The van der Waals surface area contributed by atoms with Gasteiger partial charge in [-0.05, 0) is 91.9 Å². The van der Waals surface area contributed by atoms with E-state index in [4.69, 9.17) is 4.74 Å². The van der Waals surface area contributed by atoms with Crippen molar-refractivity contribution in [2.24, 2.45) is 17.3 Å². The average molecular weight is 328 g/mol. The highest BCUT2D eigenvalue weighted by atomic mass is 31.0. The molecule has 1 aromatic carbocycles. The van der Waals surface area contributed by atoms with E-state index in [1.165, 1.54) is 43.8 Å². The molecule has 124 valence electrons. The maximum atomic E-state index is 5.60. The molecule has 23 heavy (non-hydrogen) atoms. The van der Waals surface area contributed by atoms with Crippen LogP contribution in [0.1, 0.15) is 63.0 Å². The van der Waals surface area contributed by atoms with Crippen molar-refractivity contribution in [3.63, 3.8) is 0 Å². The molecule has 1 aromatic rings. The molecule has 0 heterocycles. The molecule has 0 saturated heterocycles. The van der Waals surface area contributed by atoms with Gasteiger partial charge in [0.05, 0.1) is 7.11 Å². The molecule has 0 aromatic heterocycles. The van der Waals surface area contributed by atoms with Crippen molar-refractivity contribution in [2.45, 2.75) is 58.3 Å². The lowest BCUT2D eigenvalue weighted by Gasteiger charge is -2.49. The summed E-state index contributed by atoms with van der Waals surface area (Å²) in [6, 6.07) is 4.71. The molecule has 4 unspecified atom stereocenters. The summed E-state index contributed by atoms with van der Waals surface area (Å²) in [6.07, 6.45) is 10.5. The first-order chi connectivity index (χ1) is 11.1. The van der Waals surface area contributed by atoms with Gasteiger partial charge in [0, 0.05) is 5.30 Å². The third-order valence-corrected chi connectivity index (χ3v) is 7.72. The van der Waals surface area contributed by atoms with Gasteiger partial charge in [-0.3, -0.25) is 0 Å². The minimum Gasteiger partial charge on any atom is -0.496 e. The van der Waals surface area contributed by atoms with Crippen LogP contribution in [0.3, 0.4) is 0 Å². The zero-order chi connectivity index (χ0) is 16.2. The monoisotopic (exact) mass is 328 g/mol. The van der Waals surface area contributed by atoms with Crippen LogP contribution in [0.25, 0.3) is 0 Å². The highest BCUT2D eigenvalue weighted by Crippen LogP contribution is 2.62. The fourth-order valence-electron chi connectivity index (χ4n) is 6.12. The largest absolute Gasteiger partial charge is 0.496 e. The normalized spacial score (nSPS) is 37.2. The molecule has 2 fully saturated rings. The van der Waals surface area contributed by atoms with E-state index in [1.54, 1.807) is 23.8 Å². The number of hydrogen-bond acceptors (Lipinski definition) is 1. The number of methoxy groups -OCH3 is 1. The van der Waals surface area contributed by atoms with Gasteiger partial charge in [-0.25, -0.2) is 0 Å². The molecule has 0 aliphatic heterocycles. The van der Waals surface area contributed by atoms with Crippen LogP contribution >= 0.6 is 9.24 Å². The summed E-state index contributed by atoms with van der Waals surface area (Å²) < 4.78 is 5.60. The Bertz CT molecular complexity index is 662. The zero-order valence-corrected chi connectivity index (χ0v) is 15.8. The van der Waals surface area contributed by atoms with E-state index in [9.17, 15) is 0 Å². The molecule has 5 atom stereocenters. The van der Waals surface area contributed by atoms with Gasteiger partial charge >= 0.3 is 0 Å². The summed E-state index contributed by atoms with van der Waals surface area (Å²) in [4.78, 5) is 0. The van der Waals surface area contributed by atoms with E-state index in [1.807, 2.05) is 0 Å². The Balaban J connectivity index is 1.73. The molecule has 2 saturated carbocycles. The summed E-state index contributed by atoms with van der Waals surface area (Å²) in [5, 5.41) is 1.21. The van der Waals surface area contributed by atoms with Crippen LogP contribution in [-0.2, 0) is 6.42 Å². The maximum Gasteiger partial charge on any atom is 0.126 e. The second-order valence-corrected chi connectivity index (χ2v) is 8.64. The van der Waals surface area contributed by atoms with E-state index in [2.05, 4.69) is 41.3 Å². The van der Waals surface area contributed by atoms with Gasteiger partial charge in [-0.1, -0.05) is 18.6 Å². The molecule has 1 nitrogen and oxygen atoms in total. The third-order valence-electron chi connectivity index (χ3n) is 7.27. The van der Waals surface area contributed by atoms with Gasteiger partial charge in [0.2, 0.25) is 0 Å². The molecule has 4 rings (SSSR count). The first kappa shape index (κ1) is 15.7. The number of benzene rings is 1. The molecule has 0 N–H and O–H groups in total. The van der Waals surface area contributed by atoms with Crippen LogP contribution in [-0.4, -0.2) is 7.11 Å². The lowest BCUT2D eigenvalue weighted by Crippen LogP contribution is -2.40. The highest BCUT2D eigenvalue weighted by Gasteiger charge is 2.52. The minimum absolute atomic E-state index is 0.484. The van der Waals surface area contributed by atoms with Gasteiger partial charge in [-0.15, -0.1) is 9.24 Å². The SMILES string of the molecule is C/C=C1/CCC2C3CCc4cc(P)c(OC)cc4C3CC[C@]12C. The van der Waals surface area contributed by atoms with Crippen molar-refractivity contribution >= 4 is 14.5 Å². The van der Waals surface area contributed by atoms with Crippen molar-refractivity contribution in [1.82, 2.24) is 0 Å². The van der Waals surface area contributed by atoms with Gasteiger partial charge in [0.1, 0.15) is 5.75 Å². The maximum absolute atomic E-state index is 5.60. The van der Waals surface area contributed by atoms with E-state index in [0.29, 0.717) is 5.41 Å². The van der Waals surface area contributed by atoms with Crippen molar-refractivity contribution < 1.29 is 4.74 Å². The van der Waals surface area contributed by atoms with Crippen LogP contribution in [0, 0.1) is 17.3 Å². The lowest BCUT2D eigenvalue weighted by atomic mass is 9.55. The van der Waals surface area contributed by atoms with Crippen LogP contribution in [0.2, 0.25) is 0 Å². The zero-order valence-electron chi connectivity index (χ0n) is 14.7. The smallest absolute Gasteiger partial charge is 0.126 e. The van der Waals surface area contributed by atoms with Crippen LogP contribution in [0.5, 0.6) is 5.75 Å². The number of allylic oxidation sites excluding steroid dienone is 2. The summed E-state index contributed by atoms with van der Waals surface area (Å²) in [6.45, 7) is 4.80. The van der Waals surface area contributed by atoms with Crippen LogP contribution in [0.4, 0.5) is 0 Å². The molecule has 2 heteroatoms. The van der Waals surface area contributed by atoms with Gasteiger partial charge < -0.3 is 4.74 Å². The summed E-state index contributed by atoms with van der Waals surface area (Å²) in [5.41, 5.74) is 5.40. The number of aryl methyl sites for hydroxylation is 1. The van der Waals surface area contributed by atoms with Gasteiger partial charge in [-0.2, -0.15) is 0 Å². The third kappa shape index (κ3) is 2.23. The first-order valence-corrected chi connectivity index (χ1v) is 9.78. The van der Waals surface area contributed by atoms with Crippen molar-refractivity contribution in [1.29, 1.82) is 0 Å². The van der Waals surface area contributed by atoms with Gasteiger partial charge in [0.15, 0.2) is 0 Å². The molecule has 3 aliphatic carbocycles. The number of hydrogen-bond donors (Lipinski definition) is 0. The Morgan fingerprint density at radius 2 is 2.04 bits per heavy atom. The highest BCUT2D eigenvalue weighted by molar-refractivity contribution is 7.27. The minimum atomic E-state index is 0.484. The van der Waals surface area contributed by atoms with Crippen molar-refractivity contribution in [2.75, 3.05) is 7.11 Å². The molecular formula is C21H29OP. The number of rotatable bonds is 1. The molecule has 3 aliphatic rings. The molecule has 0 bridgehead atoms. The van der Waals surface area contributed by atoms with E-state index in [0.717, 1.165) is 23.5 Å². The van der Waals surface area contributed by atoms with E-state index in [-0.39, 0.29) is 0 Å². The van der Waals surface area contributed by atoms with Crippen molar-refractivity contribution in [3.05, 3.63) is 34.9 Å². The Kier molecular flexibility index (Phi) is 3.84. The fourth-order valence-corrected chi connectivity index (χ4v) is 6.52. The topological polar surface area (TPSA) is 9.23 Å². The van der Waals surface area contributed by atoms with Crippen molar-refractivity contribution in [3.8, 4) is 5.75 Å². The predicted molar refractivity (Wildman–Crippen MR) is 101 cm³/mol. The second-order valence-electron chi connectivity index (χ2n) is 8.02. The molecular weight excluding hydrogens is 299 g/mol. The van der Waals surface area contributed by atoms with Gasteiger partial charge in [0.25, 0.3) is 0 Å². The lowest BCUT2D eigenvalue weighted by molar-refractivity contribution is 0.0813. The van der Waals surface area contributed by atoms with Crippen LogP contribution in [0.15, 0.2) is 23.8 Å². The first-order valence-electron chi connectivity index (χ1n) is 9.20. The Hall–Kier alpha value is -0.810. The standard InChI is InChI=1S/C21H29OP/c1-4-14-6-8-18-16-7-5-13-11-20(23)19(22-3)12-17(13)15(16)9-10-21(14,18)2/h4,11-12,15-16,18H,5-10,23H2,1-3H3/b14-4-/t15?,16?,18?,21-/m1/s1. The Morgan fingerprint density at radius 1 is 1.22 bits per heavy atom. The van der Waals surface area contributed by atoms with Crippen LogP contribution < -0.4 is 10.0 Å². The second kappa shape index (κ2) is 5.62. The fraction of sp³-hybridized carbons (Fsp3) is 0.619. The average Bonchev–Trinajstić information content (AvgIpc) is 2.90.